The lowest BCUT2D eigenvalue weighted by molar-refractivity contribution is -0.143. The van der Waals surface area contributed by atoms with E-state index in [1.165, 1.54) is 0 Å². The zero-order valence-electron chi connectivity index (χ0n) is 11.5. The number of hydrogen-bond donors (Lipinski definition) is 3. The van der Waals surface area contributed by atoms with E-state index in [-0.39, 0.29) is 12.8 Å². The van der Waals surface area contributed by atoms with E-state index in [1.54, 1.807) is 0 Å². The van der Waals surface area contributed by atoms with Crippen LogP contribution in [0.15, 0.2) is 0 Å². The second-order valence-electron chi connectivity index (χ2n) is 4.34. The molecule has 0 saturated heterocycles. The SMILES string of the molecule is COC(=O)CC[C@H](NC(=O)NC(C)CC(F)(F)F)C(=O)O. The summed E-state index contributed by atoms with van der Waals surface area (Å²) in [4.78, 5) is 33.2. The van der Waals surface area contributed by atoms with Gasteiger partial charge in [0.15, 0.2) is 0 Å². The molecule has 0 aromatic heterocycles. The molecule has 0 aromatic rings. The number of amides is 2. The molecule has 10 heteroatoms. The summed E-state index contributed by atoms with van der Waals surface area (Å²) in [6.07, 6.45) is -6.15. The maximum Gasteiger partial charge on any atom is 0.391 e. The average molecular weight is 314 g/mol. The molecule has 21 heavy (non-hydrogen) atoms. The van der Waals surface area contributed by atoms with Gasteiger partial charge in [-0.05, 0) is 13.3 Å². The zero-order chi connectivity index (χ0) is 16.6. The molecule has 1 unspecified atom stereocenters. The molecule has 0 saturated carbocycles. The van der Waals surface area contributed by atoms with E-state index in [0.29, 0.717) is 0 Å². The highest BCUT2D eigenvalue weighted by molar-refractivity contribution is 5.83. The number of hydrogen-bond acceptors (Lipinski definition) is 4. The number of carbonyl (C=O) groups is 3. The Balaban J connectivity index is 4.35. The third kappa shape index (κ3) is 9.52. The minimum Gasteiger partial charge on any atom is -0.480 e. The van der Waals surface area contributed by atoms with Crippen LogP contribution < -0.4 is 10.6 Å². The van der Waals surface area contributed by atoms with Crippen LogP contribution in [0.1, 0.15) is 26.2 Å². The number of esters is 1. The maximum absolute atomic E-state index is 12.1. The van der Waals surface area contributed by atoms with Gasteiger partial charge in [-0.25, -0.2) is 9.59 Å². The van der Waals surface area contributed by atoms with E-state index < -0.39 is 42.7 Å². The summed E-state index contributed by atoms with van der Waals surface area (Å²) in [5.41, 5.74) is 0. The fraction of sp³-hybridized carbons (Fsp3) is 0.727. The molecule has 0 aromatic carbocycles. The fourth-order valence-electron chi connectivity index (χ4n) is 1.44. The molecule has 3 N–H and O–H groups in total. The van der Waals surface area contributed by atoms with Gasteiger partial charge in [-0.1, -0.05) is 0 Å². The summed E-state index contributed by atoms with van der Waals surface area (Å²) < 4.78 is 40.6. The molecule has 7 nitrogen and oxygen atoms in total. The summed E-state index contributed by atoms with van der Waals surface area (Å²) in [7, 11) is 1.12. The fourth-order valence-corrected chi connectivity index (χ4v) is 1.44. The van der Waals surface area contributed by atoms with Crippen molar-refractivity contribution >= 4 is 18.0 Å². The van der Waals surface area contributed by atoms with Gasteiger partial charge in [0.2, 0.25) is 0 Å². The van der Waals surface area contributed by atoms with Gasteiger partial charge >= 0.3 is 24.1 Å². The molecule has 0 aliphatic rings. The summed E-state index contributed by atoms with van der Waals surface area (Å²) in [6.45, 7) is 1.14. The van der Waals surface area contributed by atoms with Crippen molar-refractivity contribution in [2.45, 2.75) is 44.4 Å². The van der Waals surface area contributed by atoms with Gasteiger partial charge in [-0.3, -0.25) is 4.79 Å². The Morgan fingerprint density at radius 2 is 1.81 bits per heavy atom. The summed E-state index contributed by atoms with van der Waals surface area (Å²) >= 11 is 0. The van der Waals surface area contributed by atoms with Crippen molar-refractivity contribution in [2.75, 3.05) is 7.11 Å². The number of aliphatic carboxylic acids is 1. The molecule has 0 rings (SSSR count). The van der Waals surface area contributed by atoms with E-state index in [1.807, 2.05) is 10.6 Å². The van der Waals surface area contributed by atoms with Crippen molar-refractivity contribution in [2.24, 2.45) is 0 Å². The highest BCUT2D eigenvalue weighted by Gasteiger charge is 2.31. The topological polar surface area (TPSA) is 105 Å². The van der Waals surface area contributed by atoms with E-state index in [4.69, 9.17) is 5.11 Å². The molecule has 0 spiro atoms. The maximum atomic E-state index is 12.1. The van der Waals surface area contributed by atoms with Gasteiger partial charge in [0.1, 0.15) is 6.04 Å². The first-order valence-electron chi connectivity index (χ1n) is 5.98. The molecule has 0 radical (unpaired) electrons. The van der Waals surface area contributed by atoms with Crippen molar-refractivity contribution in [3.63, 3.8) is 0 Å². The second kappa shape index (κ2) is 8.32. The number of carboxylic acids is 1. The van der Waals surface area contributed by atoms with E-state index >= 15 is 0 Å². The largest absolute Gasteiger partial charge is 0.480 e. The molecule has 2 amide bonds. The van der Waals surface area contributed by atoms with Crippen molar-refractivity contribution in [1.29, 1.82) is 0 Å². The highest BCUT2D eigenvalue weighted by atomic mass is 19.4. The van der Waals surface area contributed by atoms with Gasteiger partial charge in [0, 0.05) is 12.5 Å². The number of methoxy groups -OCH3 is 1. The Hall–Kier alpha value is -2.00. The Morgan fingerprint density at radius 1 is 1.24 bits per heavy atom. The minimum absolute atomic E-state index is 0.233. The first kappa shape index (κ1) is 19.0. The van der Waals surface area contributed by atoms with Crippen LogP contribution in [-0.2, 0) is 14.3 Å². The van der Waals surface area contributed by atoms with Crippen molar-refractivity contribution < 1.29 is 37.4 Å². The monoisotopic (exact) mass is 314 g/mol. The van der Waals surface area contributed by atoms with Crippen LogP contribution in [0.4, 0.5) is 18.0 Å². The molecule has 2 atom stereocenters. The summed E-state index contributed by atoms with van der Waals surface area (Å²) in [5.74, 6) is -2.06. The van der Waals surface area contributed by atoms with Gasteiger partial charge in [-0.2, -0.15) is 13.2 Å². The Morgan fingerprint density at radius 3 is 2.24 bits per heavy atom. The Bertz CT molecular complexity index is 387. The molecular weight excluding hydrogens is 297 g/mol. The van der Waals surface area contributed by atoms with Crippen molar-refractivity contribution in [1.82, 2.24) is 10.6 Å². The van der Waals surface area contributed by atoms with Crippen LogP contribution in [0.3, 0.4) is 0 Å². The van der Waals surface area contributed by atoms with Crippen LogP contribution in [0, 0.1) is 0 Å². The highest BCUT2D eigenvalue weighted by Crippen LogP contribution is 2.21. The molecule has 0 heterocycles. The number of ether oxygens (including phenoxy) is 1. The van der Waals surface area contributed by atoms with Gasteiger partial charge in [0.05, 0.1) is 13.5 Å². The van der Waals surface area contributed by atoms with Gasteiger partial charge in [0.25, 0.3) is 0 Å². The predicted octanol–water partition coefficient (Wildman–Crippen LogP) is 1.03. The number of carboxylic acid groups (broad SMARTS) is 1. The third-order valence-electron chi connectivity index (χ3n) is 2.38. The summed E-state index contributed by atoms with van der Waals surface area (Å²) in [5, 5.41) is 12.8. The lowest BCUT2D eigenvalue weighted by Gasteiger charge is -2.19. The predicted molar refractivity (Wildman–Crippen MR) is 64.5 cm³/mol. The average Bonchev–Trinajstić information content (AvgIpc) is 2.30. The van der Waals surface area contributed by atoms with Crippen LogP contribution >= 0.6 is 0 Å². The molecule has 0 fully saturated rings. The van der Waals surface area contributed by atoms with Gasteiger partial charge in [-0.15, -0.1) is 0 Å². The van der Waals surface area contributed by atoms with Crippen LogP contribution in [0.2, 0.25) is 0 Å². The molecule has 122 valence electrons. The second-order valence-corrected chi connectivity index (χ2v) is 4.34. The Labute approximate surface area is 118 Å². The standard InChI is InChI=1S/C11H17F3N2O5/c1-6(5-11(12,13)14)15-10(20)16-7(9(18)19)3-4-8(17)21-2/h6-7H,3-5H2,1-2H3,(H,18,19)(H2,15,16,20)/t6?,7-/m0/s1. The minimum atomic E-state index is -4.44. The Kier molecular flexibility index (Phi) is 7.53. The molecule has 0 aliphatic heterocycles. The molecule has 0 aliphatic carbocycles. The molecule has 0 bridgehead atoms. The number of rotatable bonds is 7. The van der Waals surface area contributed by atoms with E-state index in [0.717, 1.165) is 14.0 Å². The van der Waals surface area contributed by atoms with Crippen LogP contribution in [0.5, 0.6) is 0 Å². The first-order valence-corrected chi connectivity index (χ1v) is 5.98. The first-order chi connectivity index (χ1) is 9.55. The lowest BCUT2D eigenvalue weighted by atomic mass is 10.1. The van der Waals surface area contributed by atoms with Crippen LogP contribution in [-0.4, -0.2) is 48.4 Å². The quantitative estimate of drug-likeness (QED) is 0.609. The zero-order valence-corrected chi connectivity index (χ0v) is 11.5. The lowest BCUT2D eigenvalue weighted by Crippen LogP contribution is -2.49. The number of alkyl halides is 3. The van der Waals surface area contributed by atoms with Gasteiger partial charge < -0.3 is 20.5 Å². The number of urea groups is 1. The number of carbonyl (C=O) groups excluding carboxylic acids is 2. The van der Waals surface area contributed by atoms with E-state index in [2.05, 4.69) is 4.74 Å². The van der Waals surface area contributed by atoms with Crippen molar-refractivity contribution in [3.05, 3.63) is 0 Å². The normalized spacial score (nSPS) is 14.0. The van der Waals surface area contributed by atoms with Crippen LogP contribution in [0.25, 0.3) is 0 Å². The third-order valence-corrected chi connectivity index (χ3v) is 2.38. The smallest absolute Gasteiger partial charge is 0.391 e. The molecular formula is C11H17F3N2O5. The van der Waals surface area contributed by atoms with E-state index in [9.17, 15) is 27.6 Å². The van der Waals surface area contributed by atoms with Crippen molar-refractivity contribution in [3.8, 4) is 0 Å². The summed E-state index contributed by atoms with van der Waals surface area (Å²) in [6, 6.07) is -3.66. The number of halogens is 3. The number of nitrogens with one attached hydrogen (secondary N) is 2.